The second-order valence-corrected chi connectivity index (χ2v) is 8.61. The molecule has 0 atom stereocenters. The van der Waals surface area contributed by atoms with E-state index in [0.717, 1.165) is 5.56 Å². The molecule has 1 saturated heterocycles. The Kier molecular flexibility index (Phi) is 6.27. The Morgan fingerprint density at radius 3 is 2.52 bits per heavy atom. The topological polar surface area (TPSA) is 59.8 Å². The first-order chi connectivity index (χ1) is 15.0. The van der Waals surface area contributed by atoms with Crippen LogP contribution in [0.1, 0.15) is 23.0 Å². The molecule has 2 aromatic carbocycles. The SMILES string of the molecule is CCOC(=O)c1ccc(-c2ccc(/C=C3/SC(=S)N(c4ccc(Cl)cc4)C3=O)o2)cc1. The van der Waals surface area contributed by atoms with Gasteiger partial charge in [-0.05, 0) is 55.5 Å². The van der Waals surface area contributed by atoms with Gasteiger partial charge in [0.25, 0.3) is 5.91 Å². The normalized spacial score (nSPS) is 15.0. The lowest BCUT2D eigenvalue weighted by atomic mass is 10.1. The molecule has 2 heterocycles. The Hall–Kier alpha value is -2.87. The van der Waals surface area contributed by atoms with Crippen molar-refractivity contribution in [1.29, 1.82) is 0 Å². The Morgan fingerprint density at radius 1 is 1.13 bits per heavy atom. The van der Waals surface area contributed by atoms with Gasteiger partial charge in [0.1, 0.15) is 11.5 Å². The molecule has 5 nitrogen and oxygen atoms in total. The van der Waals surface area contributed by atoms with Crippen molar-refractivity contribution in [2.45, 2.75) is 6.92 Å². The van der Waals surface area contributed by atoms with E-state index in [1.807, 2.05) is 6.07 Å². The van der Waals surface area contributed by atoms with Gasteiger partial charge in [0.15, 0.2) is 4.32 Å². The number of halogens is 1. The molecule has 0 saturated carbocycles. The van der Waals surface area contributed by atoms with Crippen molar-refractivity contribution >= 4 is 63.5 Å². The molecule has 8 heteroatoms. The molecule has 0 spiro atoms. The van der Waals surface area contributed by atoms with Crippen molar-refractivity contribution < 1.29 is 18.7 Å². The first-order valence-electron chi connectivity index (χ1n) is 9.37. The van der Waals surface area contributed by atoms with E-state index < -0.39 is 0 Å². The van der Waals surface area contributed by atoms with Crippen molar-refractivity contribution in [1.82, 2.24) is 0 Å². The highest BCUT2D eigenvalue weighted by Gasteiger charge is 2.33. The monoisotopic (exact) mass is 469 g/mol. The number of rotatable bonds is 5. The summed E-state index contributed by atoms with van der Waals surface area (Å²) in [4.78, 5) is 26.6. The minimum Gasteiger partial charge on any atom is -0.462 e. The fourth-order valence-electron chi connectivity index (χ4n) is 2.98. The third-order valence-corrected chi connectivity index (χ3v) is 6.01. The molecule has 0 unspecified atom stereocenters. The molecular weight excluding hydrogens is 454 g/mol. The summed E-state index contributed by atoms with van der Waals surface area (Å²) in [6.07, 6.45) is 1.67. The highest BCUT2D eigenvalue weighted by Crippen LogP contribution is 2.37. The average Bonchev–Trinajstić information content (AvgIpc) is 3.34. The van der Waals surface area contributed by atoms with Gasteiger partial charge in [0.05, 0.1) is 22.8 Å². The minimum atomic E-state index is -0.364. The third kappa shape index (κ3) is 4.58. The van der Waals surface area contributed by atoms with E-state index in [-0.39, 0.29) is 11.9 Å². The summed E-state index contributed by atoms with van der Waals surface area (Å²) >= 11 is 12.5. The maximum Gasteiger partial charge on any atom is 0.338 e. The van der Waals surface area contributed by atoms with Crippen LogP contribution in [0.3, 0.4) is 0 Å². The van der Waals surface area contributed by atoms with Crippen LogP contribution >= 0.6 is 35.6 Å². The number of benzene rings is 2. The smallest absolute Gasteiger partial charge is 0.338 e. The number of anilines is 1. The van der Waals surface area contributed by atoms with E-state index in [4.69, 9.17) is 33.0 Å². The molecule has 0 aliphatic carbocycles. The molecule has 1 aromatic heterocycles. The Bertz CT molecular complexity index is 1180. The molecule has 1 aliphatic rings. The summed E-state index contributed by atoms with van der Waals surface area (Å²) in [5.74, 6) is 0.571. The van der Waals surface area contributed by atoms with E-state index in [0.29, 0.717) is 43.6 Å². The van der Waals surface area contributed by atoms with Crippen LogP contribution in [0.15, 0.2) is 70.0 Å². The Morgan fingerprint density at radius 2 is 1.84 bits per heavy atom. The molecule has 0 radical (unpaired) electrons. The van der Waals surface area contributed by atoms with Crippen molar-refractivity contribution in [2.24, 2.45) is 0 Å². The first kappa shape index (κ1) is 21.4. The van der Waals surface area contributed by atoms with E-state index in [1.54, 1.807) is 67.6 Å². The molecule has 31 heavy (non-hydrogen) atoms. The van der Waals surface area contributed by atoms with E-state index in [2.05, 4.69) is 0 Å². The summed E-state index contributed by atoms with van der Waals surface area (Å²) < 4.78 is 11.3. The number of carbonyl (C=O) groups is 2. The van der Waals surface area contributed by atoms with Gasteiger partial charge in [0, 0.05) is 16.7 Å². The second-order valence-electron chi connectivity index (χ2n) is 6.49. The first-order valence-corrected chi connectivity index (χ1v) is 11.0. The molecule has 0 N–H and O–H groups in total. The fraction of sp³-hybridized carbons (Fsp3) is 0.0870. The second kappa shape index (κ2) is 9.09. The van der Waals surface area contributed by atoms with E-state index in [1.165, 1.54) is 16.7 Å². The van der Waals surface area contributed by atoms with Crippen LogP contribution in [0.2, 0.25) is 5.02 Å². The van der Waals surface area contributed by atoms with Crippen LogP contribution < -0.4 is 4.90 Å². The number of furan rings is 1. The largest absolute Gasteiger partial charge is 0.462 e. The predicted octanol–water partition coefficient (Wildman–Crippen LogP) is 6.18. The number of esters is 1. The van der Waals surface area contributed by atoms with E-state index >= 15 is 0 Å². The van der Waals surface area contributed by atoms with E-state index in [9.17, 15) is 9.59 Å². The van der Waals surface area contributed by atoms with Crippen LogP contribution in [0, 0.1) is 0 Å². The summed E-state index contributed by atoms with van der Waals surface area (Å²) in [5.41, 5.74) is 1.95. The summed E-state index contributed by atoms with van der Waals surface area (Å²) in [7, 11) is 0. The zero-order valence-electron chi connectivity index (χ0n) is 16.3. The quantitative estimate of drug-likeness (QED) is 0.252. The molecule has 1 aliphatic heterocycles. The number of ether oxygens (including phenoxy) is 1. The highest BCUT2D eigenvalue weighted by molar-refractivity contribution is 8.27. The lowest BCUT2D eigenvalue weighted by Crippen LogP contribution is -2.27. The van der Waals surface area contributed by atoms with Crippen molar-refractivity contribution in [3.63, 3.8) is 0 Å². The number of carbonyl (C=O) groups excluding carboxylic acids is 2. The van der Waals surface area contributed by atoms with Gasteiger partial charge in [-0.2, -0.15) is 0 Å². The van der Waals surface area contributed by atoms with Gasteiger partial charge in [0.2, 0.25) is 0 Å². The Labute approximate surface area is 193 Å². The minimum absolute atomic E-state index is 0.214. The maximum atomic E-state index is 12.9. The molecule has 1 fully saturated rings. The molecule has 156 valence electrons. The number of amides is 1. The number of nitrogens with zero attached hydrogens (tertiary/aromatic N) is 1. The van der Waals surface area contributed by atoms with Gasteiger partial charge in [-0.25, -0.2) is 4.79 Å². The lowest BCUT2D eigenvalue weighted by molar-refractivity contribution is -0.113. The Balaban J connectivity index is 1.53. The van der Waals surface area contributed by atoms with Crippen LogP contribution in [0.4, 0.5) is 5.69 Å². The van der Waals surface area contributed by atoms with Gasteiger partial charge in [-0.15, -0.1) is 0 Å². The van der Waals surface area contributed by atoms with Gasteiger partial charge in [-0.3, -0.25) is 9.69 Å². The third-order valence-electron chi connectivity index (χ3n) is 4.46. The standard InChI is InChI=1S/C23H16ClNO4S2/c1-2-28-22(27)15-5-3-14(4-6-15)19-12-11-18(29-19)13-20-21(26)25(23(30)31-20)17-9-7-16(24)8-10-17/h3-13H,2H2,1H3/b20-13+. The number of hydrogen-bond acceptors (Lipinski definition) is 6. The fourth-order valence-corrected chi connectivity index (χ4v) is 4.39. The summed E-state index contributed by atoms with van der Waals surface area (Å²) in [6, 6.07) is 17.5. The molecule has 4 rings (SSSR count). The zero-order chi connectivity index (χ0) is 22.0. The highest BCUT2D eigenvalue weighted by atomic mass is 35.5. The van der Waals surface area contributed by atoms with Gasteiger partial charge < -0.3 is 9.15 Å². The zero-order valence-corrected chi connectivity index (χ0v) is 18.7. The number of thiocarbonyl (C=S) groups is 1. The summed E-state index contributed by atoms with van der Waals surface area (Å²) in [6.45, 7) is 2.09. The van der Waals surface area contributed by atoms with Crippen LogP contribution in [-0.2, 0) is 9.53 Å². The summed E-state index contributed by atoms with van der Waals surface area (Å²) in [5, 5.41) is 0.586. The molecule has 1 amide bonds. The van der Waals surface area contributed by atoms with Crippen LogP contribution in [-0.4, -0.2) is 22.8 Å². The van der Waals surface area contributed by atoms with Crippen LogP contribution in [0.25, 0.3) is 17.4 Å². The number of thioether (sulfide) groups is 1. The number of hydrogen-bond donors (Lipinski definition) is 0. The molecule has 3 aromatic rings. The molecule has 0 bridgehead atoms. The average molecular weight is 470 g/mol. The van der Waals surface area contributed by atoms with Crippen molar-refractivity contribution in [3.8, 4) is 11.3 Å². The van der Waals surface area contributed by atoms with Crippen molar-refractivity contribution in [3.05, 3.63) is 81.9 Å². The van der Waals surface area contributed by atoms with Crippen molar-refractivity contribution in [2.75, 3.05) is 11.5 Å². The maximum absolute atomic E-state index is 12.9. The van der Waals surface area contributed by atoms with Gasteiger partial charge in [-0.1, -0.05) is 47.7 Å². The van der Waals surface area contributed by atoms with Crippen LogP contribution in [0.5, 0.6) is 0 Å². The van der Waals surface area contributed by atoms with Gasteiger partial charge >= 0.3 is 5.97 Å². The lowest BCUT2D eigenvalue weighted by Gasteiger charge is -2.14. The molecular formula is C23H16ClNO4S2. The predicted molar refractivity (Wildman–Crippen MR) is 127 cm³/mol.